The first kappa shape index (κ1) is 16.2. The summed E-state index contributed by atoms with van der Waals surface area (Å²) in [5, 5.41) is 0.558. The first-order valence-corrected chi connectivity index (χ1v) is 8.38. The van der Waals surface area contributed by atoms with Gasteiger partial charge in [0.15, 0.2) is 12.6 Å². The van der Waals surface area contributed by atoms with E-state index in [-0.39, 0.29) is 18.5 Å². The predicted molar refractivity (Wildman–Crippen MR) is 91.6 cm³/mol. The largest absolute Gasteiger partial charge is 0.497 e. The van der Waals surface area contributed by atoms with Gasteiger partial charge in [-0.2, -0.15) is 0 Å². The molecule has 0 unspecified atom stereocenters. The van der Waals surface area contributed by atoms with Crippen molar-refractivity contribution in [2.24, 2.45) is 5.92 Å². The van der Waals surface area contributed by atoms with Crippen LogP contribution in [0.25, 0.3) is 0 Å². The van der Waals surface area contributed by atoms with Gasteiger partial charge < -0.3 is 18.9 Å². The number of benzene rings is 2. The molecule has 2 aliphatic heterocycles. The molecule has 2 aliphatic rings. The lowest BCUT2D eigenvalue weighted by atomic mass is 9.86. The van der Waals surface area contributed by atoms with Crippen molar-refractivity contribution < 1.29 is 23.7 Å². The van der Waals surface area contributed by atoms with E-state index in [0.717, 1.165) is 11.1 Å². The van der Waals surface area contributed by atoms with Crippen molar-refractivity contribution in [1.82, 2.24) is 0 Å². The molecular formula is C19H17ClO5. The molecule has 0 aliphatic carbocycles. The van der Waals surface area contributed by atoms with Gasteiger partial charge in [0.2, 0.25) is 0 Å². The number of ether oxygens (including phenoxy) is 4. The van der Waals surface area contributed by atoms with Gasteiger partial charge in [-0.1, -0.05) is 18.5 Å². The summed E-state index contributed by atoms with van der Waals surface area (Å²) in [5.74, 6) is 1.49. The molecule has 2 aromatic carbocycles. The minimum absolute atomic E-state index is 0.0229. The number of carbonyl (C=O) groups is 1. The van der Waals surface area contributed by atoms with Crippen LogP contribution in [-0.4, -0.2) is 19.7 Å². The van der Waals surface area contributed by atoms with E-state index in [0.29, 0.717) is 34.4 Å². The standard InChI is InChI=1S/C19H17ClO5/c1-10-17(21)14-4-3-13(22-2)7-16(14)25-18(10)15-6-12(20)5-11-8-23-9-24-19(11)15/h3-7,10,18H,8-9H2,1-2H3/t10-,18+/m0/s1. The third kappa shape index (κ3) is 2.73. The number of rotatable bonds is 2. The van der Waals surface area contributed by atoms with Crippen molar-refractivity contribution in [3.63, 3.8) is 0 Å². The van der Waals surface area contributed by atoms with Crippen LogP contribution >= 0.6 is 11.6 Å². The summed E-state index contributed by atoms with van der Waals surface area (Å²) in [5.41, 5.74) is 2.18. The molecule has 0 radical (unpaired) electrons. The number of fused-ring (bicyclic) bond motifs is 2. The maximum atomic E-state index is 12.8. The van der Waals surface area contributed by atoms with Gasteiger partial charge >= 0.3 is 0 Å². The Bertz CT molecular complexity index is 848. The Balaban J connectivity index is 1.81. The molecule has 4 rings (SSSR count). The Morgan fingerprint density at radius 1 is 1.24 bits per heavy atom. The highest BCUT2D eigenvalue weighted by Gasteiger charge is 2.38. The highest BCUT2D eigenvalue weighted by molar-refractivity contribution is 6.30. The summed E-state index contributed by atoms with van der Waals surface area (Å²) in [4.78, 5) is 12.8. The SMILES string of the molecule is COc1ccc2c(c1)O[C@@H](c1cc(Cl)cc3c1OCOC3)[C@@H](C)C2=O. The van der Waals surface area contributed by atoms with Gasteiger partial charge in [-0.3, -0.25) is 4.79 Å². The lowest BCUT2D eigenvalue weighted by Gasteiger charge is -2.33. The number of hydrogen-bond acceptors (Lipinski definition) is 5. The average molecular weight is 361 g/mol. The summed E-state index contributed by atoms with van der Waals surface area (Å²) in [6.07, 6.45) is -0.488. The van der Waals surface area contributed by atoms with Gasteiger partial charge in [0.1, 0.15) is 23.4 Å². The molecule has 2 atom stereocenters. The Morgan fingerprint density at radius 3 is 2.88 bits per heavy atom. The second-order valence-electron chi connectivity index (χ2n) is 6.15. The number of ketones is 1. The molecule has 0 spiro atoms. The fourth-order valence-electron chi connectivity index (χ4n) is 3.31. The lowest BCUT2D eigenvalue weighted by molar-refractivity contribution is -0.0189. The fraction of sp³-hybridized carbons (Fsp3) is 0.316. The number of Topliss-reactive ketones (excluding diaryl/α,β-unsaturated/α-hetero) is 1. The fourth-order valence-corrected chi connectivity index (χ4v) is 3.55. The molecule has 0 fully saturated rings. The molecule has 2 aromatic rings. The predicted octanol–water partition coefficient (Wildman–Crippen LogP) is 4.17. The topological polar surface area (TPSA) is 54.0 Å². The maximum Gasteiger partial charge on any atom is 0.189 e. The van der Waals surface area contributed by atoms with Crippen LogP contribution in [-0.2, 0) is 11.3 Å². The summed E-state index contributed by atoms with van der Waals surface area (Å²) < 4.78 is 22.4. The maximum absolute atomic E-state index is 12.8. The van der Waals surface area contributed by atoms with E-state index in [4.69, 9.17) is 30.5 Å². The van der Waals surface area contributed by atoms with Gasteiger partial charge in [0, 0.05) is 22.2 Å². The molecule has 0 saturated carbocycles. The first-order chi connectivity index (χ1) is 12.1. The van der Waals surface area contributed by atoms with Crippen LogP contribution in [0.3, 0.4) is 0 Å². The molecule has 0 N–H and O–H groups in total. The molecule has 2 heterocycles. The molecule has 0 bridgehead atoms. The molecular weight excluding hydrogens is 344 g/mol. The molecule has 0 saturated heterocycles. The van der Waals surface area contributed by atoms with E-state index in [1.807, 2.05) is 13.0 Å². The molecule has 130 valence electrons. The summed E-state index contributed by atoms with van der Waals surface area (Å²) in [6.45, 7) is 2.44. The van der Waals surface area contributed by atoms with Crippen LogP contribution in [0.1, 0.15) is 34.5 Å². The molecule has 0 amide bonds. The van der Waals surface area contributed by atoms with E-state index in [2.05, 4.69) is 0 Å². The normalized spacial score (nSPS) is 21.6. The lowest BCUT2D eigenvalue weighted by Crippen LogP contribution is -2.30. The van der Waals surface area contributed by atoms with Crippen LogP contribution in [0.2, 0.25) is 5.02 Å². The zero-order chi connectivity index (χ0) is 17.6. The van der Waals surface area contributed by atoms with Crippen LogP contribution in [0.15, 0.2) is 30.3 Å². The summed E-state index contributed by atoms with van der Waals surface area (Å²) in [7, 11) is 1.58. The Hall–Kier alpha value is -2.24. The summed E-state index contributed by atoms with van der Waals surface area (Å²) >= 11 is 6.26. The second kappa shape index (κ2) is 6.24. The van der Waals surface area contributed by atoms with E-state index in [9.17, 15) is 4.79 Å². The van der Waals surface area contributed by atoms with Crippen molar-refractivity contribution >= 4 is 17.4 Å². The van der Waals surface area contributed by atoms with Crippen molar-refractivity contribution in [2.75, 3.05) is 13.9 Å². The summed E-state index contributed by atoms with van der Waals surface area (Å²) in [6, 6.07) is 8.83. The third-order valence-corrected chi connectivity index (χ3v) is 4.80. The van der Waals surface area contributed by atoms with Crippen LogP contribution in [0.4, 0.5) is 0 Å². The average Bonchev–Trinajstić information content (AvgIpc) is 2.63. The first-order valence-electron chi connectivity index (χ1n) is 8.00. The second-order valence-corrected chi connectivity index (χ2v) is 6.58. The highest BCUT2D eigenvalue weighted by atomic mass is 35.5. The number of methoxy groups -OCH3 is 1. The minimum Gasteiger partial charge on any atom is -0.497 e. The highest BCUT2D eigenvalue weighted by Crippen LogP contribution is 2.45. The minimum atomic E-state index is -0.488. The van der Waals surface area contributed by atoms with E-state index < -0.39 is 6.10 Å². The third-order valence-electron chi connectivity index (χ3n) is 4.59. The number of halogens is 1. The van der Waals surface area contributed by atoms with E-state index >= 15 is 0 Å². The molecule has 25 heavy (non-hydrogen) atoms. The Labute approximate surface area is 150 Å². The number of hydrogen-bond donors (Lipinski definition) is 0. The smallest absolute Gasteiger partial charge is 0.189 e. The molecule has 6 heteroatoms. The van der Waals surface area contributed by atoms with Gasteiger partial charge in [0.25, 0.3) is 0 Å². The van der Waals surface area contributed by atoms with E-state index in [1.165, 1.54) is 0 Å². The molecule has 0 aromatic heterocycles. The Morgan fingerprint density at radius 2 is 2.08 bits per heavy atom. The van der Waals surface area contributed by atoms with Crippen molar-refractivity contribution in [2.45, 2.75) is 19.6 Å². The van der Waals surface area contributed by atoms with E-state index in [1.54, 1.807) is 31.4 Å². The molecule has 5 nitrogen and oxygen atoms in total. The van der Waals surface area contributed by atoms with Crippen molar-refractivity contribution in [3.8, 4) is 17.2 Å². The zero-order valence-corrected chi connectivity index (χ0v) is 14.6. The van der Waals surface area contributed by atoms with Crippen LogP contribution in [0.5, 0.6) is 17.2 Å². The zero-order valence-electron chi connectivity index (χ0n) is 13.9. The van der Waals surface area contributed by atoms with Gasteiger partial charge in [-0.25, -0.2) is 0 Å². The van der Waals surface area contributed by atoms with Crippen molar-refractivity contribution in [1.29, 1.82) is 0 Å². The van der Waals surface area contributed by atoms with Crippen molar-refractivity contribution in [3.05, 3.63) is 52.0 Å². The van der Waals surface area contributed by atoms with Crippen LogP contribution < -0.4 is 14.2 Å². The van der Waals surface area contributed by atoms with Gasteiger partial charge in [-0.05, 0) is 24.3 Å². The van der Waals surface area contributed by atoms with Gasteiger partial charge in [0.05, 0.1) is 25.2 Å². The number of carbonyl (C=O) groups excluding carboxylic acids is 1. The quantitative estimate of drug-likeness (QED) is 0.804. The Kier molecular flexibility index (Phi) is 4.06. The van der Waals surface area contributed by atoms with Crippen LogP contribution in [0, 0.1) is 5.92 Å². The van der Waals surface area contributed by atoms with Gasteiger partial charge in [-0.15, -0.1) is 0 Å². The monoisotopic (exact) mass is 360 g/mol.